The third-order valence-corrected chi connectivity index (χ3v) is 3.44. The third kappa shape index (κ3) is 5.36. The number of carbonyl (C=O) groups excluding carboxylic acids is 1. The van der Waals surface area contributed by atoms with E-state index in [0.29, 0.717) is 0 Å². The minimum absolute atomic E-state index is 0.186. The van der Waals surface area contributed by atoms with Crippen molar-refractivity contribution in [2.45, 2.75) is 51.5 Å². The highest BCUT2D eigenvalue weighted by atomic mass is 16.2. The van der Waals surface area contributed by atoms with Crippen molar-refractivity contribution in [3.8, 4) is 0 Å². The quantitative estimate of drug-likeness (QED) is 0.711. The second-order valence-electron chi connectivity index (χ2n) is 4.95. The van der Waals surface area contributed by atoms with Gasteiger partial charge in [-0.25, -0.2) is 0 Å². The van der Waals surface area contributed by atoms with Gasteiger partial charge in [-0.2, -0.15) is 0 Å². The van der Waals surface area contributed by atoms with E-state index < -0.39 is 0 Å². The number of carbonyl (C=O) groups is 1. The average Bonchev–Trinajstić information content (AvgIpc) is 2.86. The topological polar surface area (TPSA) is 44.4 Å². The highest BCUT2D eigenvalue weighted by Crippen LogP contribution is 2.29. The van der Waals surface area contributed by atoms with Gasteiger partial charge in [0.2, 0.25) is 5.91 Å². The van der Waals surface area contributed by atoms with Crippen LogP contribution in [-0.2, 0) is 4.79 Å². The SMILES string of the molecule is CC.CNC1(C(=O)NCCCN(C)C)CCCC1. The van der Waals surface area contributed by atoms with Crippen LogP contribution < -0.4 is 10.6 Å². The van der Waals surface area contributed by atoms with E-state index in [1.54, 1.807) is 0 Å². The van der Waals surface area contributed by atoms with Crippen LogP contribution in [0.25, 0.3) is 0 Å². The minimum atomic E-state index is -0.280. The zero-order valence-electron chi connectivity index (χ0n) is 12.8. The summed E-state index contributed by atoms with van der Waals surface area (Å²) in [6.07, 6.45) is 5.28. The maximum Gasteiger partial charge on any atom is 0.240 e. The smallest absolute Gasteiger partial charge is 0.240 e. The van der Waals surface area contributed by atoms with Crippen LogP contribution in [0.3, 0.4) is 0 Å². The third-order valence-electron chi connectivity index (χ3n) is 3.44. The van der Waals surface area contributed by atoms with E-state index in [1.807, 2.05) is 35.0 Å². The molecule has 0 bridgehead atoms. The predicted octanol–water partition coefficient (Wildman–Crippen LogP) is 1.61. The molecule has 1 rings (SSSR count). The van der Waals surface area contributed by atoms with E-state index in [-0.39, 0.29) is 11.4 Å². The summed E-state index contributed by atoms with van der Waals surface area (Å²) in [6, 6.07) is 0. The van der Waals surface area contributed by atoms with Crippen LogP contribution in [-0.4, -0.2) is 50.6 Å². The molecule has 0 heterocycles. The number of nitrogens with one attached hydrogen (secondary N) is 2. The highest BCUT2D eigenvalue weighted by Gasteiger charge is 2.39. The van der Waals surface area contributed by atoms with Crippen molar-refractivity contribution >= 4 is 5.91 Å². The lowest BCUT2D eigenvalue weighted by molar-refractivity contribution is -0.127. The van der Waals surface area contributed by atoms with Crippen molar-refractivity contribution in [1.29, 1.82) is 0 Å². The van der Waals surface area contributed by atoms with E-state index in [1.165, 1.54) is 0 Å². The van der Waals surface area contributed by atoms with Crippen LogP contribution in [0, 0.1) is 0 Å². The van der Waals surface area contributed by atoms with Crippen LogP contribution in [0.15, 0.2) is 0 Å². The Balaban J connectivity index is 0.00000137. The summed E-state index contributed by atoms with van der Waals surface area (Å²) in [5.41, 5.74) is -0.280. The molecule has 18 heavy (non-hydrogen) atoms. The van der Waals surface area contributed by atoms with Crippen LogP contribution in [0.1, 0.15) is 46.0 Å². The number of hydrogen-bond acceptors (Lipinski definition) is 3. The Bertz CT molecular complexity index is 223. The Hall–Kier alpha value is -0.610. The van der Waals surface area contributed by atoms with E-state index in [9.17, 15) is 4.79 Å². The summed E-state index contributed by atoms with van der Waals surface area (Å²) < 4.78 is 0. The lowest BCUT2D eigenvalue weighted by Gasteiger charge is -2.27. The van der Waals surface area contributed by atoms with Crippen molar-refractivity contribution in [1.82, 2.24) is 15.5 Å². The van der Waals surface area contributed by atoms with Crippen LogP contribution in [0.2, 0.25) is 0 Å². The fourth-order valence-electron chi connectivity index (χ4n) is 2.34. The molecule has 1 saturated carbocycles. The predicted molar refractivity (Wildman–Crippen MR) is 77.8 cm³/mol. The summed E-state index contributed by atoms with van der Waals surface area (Å²) in [5.74, 6) is 0.186. The normalized spacial score (nSPS) is 17.2. The number of nitrogens with zero attached hydrogens (tertiary/aromatic N) is 1. The molecule has 0 aromatic heterocycles. The van der Waals surface area contributed by atoms with Gasteiger partial charge in [0.05, 0.1) is 5.54 Å². The molecule has 0 radical (unpaired) electrons. The maximum atomic E-state index is 12.1. The zero-order chi connectivity index (χ0) is 14.0. The number of likely N-dealkylation sites (N-methyl/N-ethyl adjacent to an activating group) is 1. The van der Waals surface area contributed by atoms with Gasteiger partial charge in [-0.3, -0.25) is 4.79 Å². The number of rotatable bonds is 6. The molecule has 4 nitrogen and oxygen atoms in total. The van der Waals surface area contributed by atoms with Gasteiger partial charge in [0.25, 0.3) is 0 Å². The second kappa shape index (κ2) is 9.34. The summed E-state index contributed by atoms with van der Waals surface area (Å²) in [5, 5.41) is 6.25. The van der Waals surface area contributed by atoms with Gasteiger partial charge in [0.15, 0.2) is 0 Å². The van der Waals surface area contributed by atoms with Crippen molar-refractivity contribution in [3.05, 3.63) is 0 Å². The van der Waals surface area contributed by atoms with Crippen molar-refractivity contribution in [2.75, 3.05) is 34.2 Å². The molecule has 1 fully saturated rings. The van der Waals surface area contributed by atoms with Crippen molar-refractivity contribution in [3.63, 3.8) is 0 Å². The lowest BCUT2D eigenvalue weighted by atomic mass is 9.97. The maximum absolute atomic E-state index is 12.1. The zero-order valence-corrected chi connectivity index (χ0v) is 12.8. The van der Waals surface area contributed by atoms with E-state index >= 15 is 0 Å². The standard InChI is InChI=1S/C12H25N3O.C2H6/c1-13-12(7-4-5-8-12)11(16)14-9-6-10-15(2)3;1-2/h13H,4-10H2,1-3H3,(H,14,16);1-2H3. The van der Waals surface area contributed by atoms with Crippen molar-refractivity contribution < 1.29 is 4.79 Å². The molecule has 0 saturated heterocycles. The molecular weight excluding hydrogens is 226 g/mol. The summed E-state index contributed by atoms with van der Waals surface area (Å²) in [4.78, 5) is 14.2. The van der Waals surface area contributed by atoms with Crippen LogP contribution in [0.5, 0.6) is 0 Å². The van der Waals surface area contributed by atoms with E-state index in [4.69, 9.17) is 0 Å². The molecule has 108 valence electrons. The first-order chi connectivity index (χ1) is 8.60. The summed E-state index contributed by atoms with van der Waals surface area (Å²) >= 11 is 0. The second-order valence-corrected chi connectivity index (χ2v) is 4.95. The molecule has 0 spiro atoms. The molecule has 0 aromatic rings. The van der Waals surface area contributed by atoms with E-state index in [0.717, 1.165) is 45.2 Å². The van der Waals surface area contributed by atoms with Gasteiger partial charge in [-0.1, -0.05) is 26.7 Å². The molecule has 1 amide bonds. The summed E-state index contributed by atoms with van der Waals surface area (Å²) in [6.45, 7) is 5.80. The molecule has 0 aromatic carbocycles. The average molecular weight is 257 g/mol. The number of amides is 1. The molecular formula is C14H31N3O. The Kier molecular flexibility index (Phi) is 9.02. The van der Waals surface area contributed by atoms with Gasteiger partial charge < -0.3 is 15.5 Å². The first-order valence-corrected chi connectivity index (χ1v) is 7.23. The van der Waals surface area contributed by atoms with Gasteiger partial charge >= 0.3 is 0 Å². The summed E-state index contributed by atoms with van der Waals surface area (Å²) in [7, 11) is 5.99. The van der Waals surface area contributed by atoms with E-state index in [2.05, 4.69) is 15.5 Å². The minimum Gasteiger partial charge on any atom is -0.354 e. The Morgan fingerprint density at radius 1 is 1.22 bits per heavy atom. The molecule has 4 heteroatoms. The molecule has 0 atom stereocenters. The number of hydrogen-bond donors (Lipinski definition) is 2. The molecule has 0 unspecified atom stereocenters. The largest absolute Gasteiger partial charge is 0.354 e. The molecule has 2 N–H and O–H groups in total. The van der Waals surface area contributed by atoms with Crippen LogP contribution in [0.4, 0.5) is 0 Å². The monoisotopic (exact) mass is 257 g/mol. The van der Waals surface area contributed by atoms with Crippen LogP contribution >= 0.6 is 0 Å². The lowest BCUT2D eigenvalue weighted by Crippen LogP contribution is -2.54. The molecule has 0 aliphatic heterocycles. The fraction of sp³-hybridized carbons (Fsp3) is 0.929. The van der Waals surface area contributed by atoms with Gasteiger partial charge in [-0.05, 0) is 47.0 Å². The fourth-order valence-corrected chi connectivity index (χ4v) is 2.34. The Morgan fingerprint density at radius 2 is 1.78 bits per heavy atom. The first-order valence-electron chi connectivity index (χ1n) is 7.23. The highest BCUT2D eigenvalue weighted by molar-refractivity contribution is 5.86. The first kappa shape index (κ1) is 17.4. The van der Waals surface area contributed by atoms with Gasteiger partial charge in [0, 0.05) is 6.54 Å². The van der Waals surface area contributed by atoms with Gasteiger partial charge in [-0.15, -0.1) is 0 Å². The molecule has 1 aliphatic rings. The Morgan fingerprint density at radius 3 is 2.22 bits per heavy atom. The Labute approximate surface area is 113 Å². The molecule has 1 aliphatic carbocycles. The van der Waals surface area contributed by atoms with Crippen molar-refractivity contribution in [2.24, 2.45) is 0 Å². The van der Waals surface area contributed by atoms with Gasteiger partial charge in [0.1, 0.15) is 0 Å².